The molecule has 0 fully saturated rings. The van der Waals surface area contributed by atoms with Gasteiger partial charge in [0.1, 0.15) is 0 Å². The van der Waals surface area contributed by atoms with Crippen molar-refractivity contribution in [1.82, 2.24) is 0 Å². The molecule has 1 aromatic rings. The molecule has 0 unspecified atom stereocenters. The van der Waals surface area contributed by atoms with Gasteiger partial charge in [-0.2, -0.15) is 0 Å². The van der Waals surface area contributed by atoms with Gasteiger partial charge >= 0.3 is 0 Å². The van der Waals surface area contributed by atoms with Crippen molar-refractivity contribution in [2.24, 2.45) is 0 Å². The van der Waals surface area contributed by atoms with E-state index < -0.39 is 0 Å². The van der Waals surface area contributed by atoms with E-state index in [2.05, 4.69) is 15.9 Å². The minimum absolute atomic E-state index is 0.361. The van der Waals surface area contributed by atoms with E-state index in [0.29, 0.717) is 24.5 Å². The fraction of sp³-hybridized carbons (Fsp3) is 0.455. The molecule has 0 aliphatic heterocycles. The molecule has 1 rings (SSSR count). The van der Waals surface area contributed by atoms with E-state index in [0.717, 1.165) is 10.9 Å². The van der Waals surface area contributed by atoms with Crippen molar-refractivity contribution in [3.63, 3.8) is 0 Å². The highest BCUT2D eigenvalue weighted by Crippen LogP contribution is 2.28. The molecular formula is C11H14BrFO2. The summed E-state index contributed by atoms with van der Waals surface area (Å²) in [7, 11) is 1.59. The van der Waals surface area contributed by atoms with Crippen LogP contribution in [0.25, 0.3) is 0 Å². The smallest absolute Gasteiger partial charge is 0.161 e. The lowest BCUT2D eigenvalue weighted by Crippen LogP contribution is -2.00. The molecule has 84 valence electrons. The summed E-state index contributed by atoms with van der Waals surface area (Å²) in [5.74, 6) is 1.35. The summed E-state index contributed by atoms with van der Waals surface area (Å²) in [5.41, 5.74) is 1.10. The predicted molar refractivity (Wildman–Crippen MR) is 61.7 cm³/mol. The third kappa shape index (κ3) is 3.70. The Hall–Kier alpha value is -0.770. The summed E-state index contributed by atoms with van der Waals surface area (Å²) >= 11 is 3.36. The average Bonchev–Trinajstić information content (AvgIpc) is 2.29. The van der Waals surface area contributed by atoms with Gasteiger partial charge in [0.2, 0.25) is 0 Å². The van der Waals surface area contributed by atoms with Crippen LogP contribution >= 0.6 is 15.9 Å². The minimum atomic E-state index is -0.361. The molecule has 4 heteroatoms. The van der Waals surface area contributed by atoms with Crippen molar-refractivity contribution in [2.75, 3.05) is 20.4 Å². The Bertz CT molecular complexity index is 305. The van der Waals surface area contributed by atoms with E-state index in [-0.39, 0.29) is 6.67 Å². The van der Waals surface area contributed by atoms with Crippen molar-refractivity contribution in [3.8, 4) is 11.5 Å². The van der Waals surface area contributed by atoms with Crippen LogP contribution in [0.1, 0.15) is 12.0 Å². The van der Waals surface area contributed by atoms with Crippen molar-refractivity contribution in [1.29, 1.82) is 0 Å². The van der Waals surface area contributed by atoms with Gasteiger partial charge in [-0.3, -0.25) is 4.39 Å². The third-order valence-corrected chi connectivity index (χ3v) is 2.57. The largest absolute Gasteiger partial charge is 0.493 e. The molecule has 0 saturated heterocycles. The Kier molecular flexibility index (Phi) is 5.47. The maximum Gasteiger partial charge on any atom is 0.161 e. The number of halogens is 2. The Morgan fingerprint density at radius 3 is 2.73 bits per heavy atom. The third-order valence-electron chi connectivity index (χ3n) is 1.92. The molecule has 0 aromatic heterocycles. The number of alkyl halides is 2. The standard InChI is InChI=1S/C11H14BrFO2/c1-14-10-4-3-9(8-12)7-11(10)15-6-2-5-13/h3-4,7H,2,5-6,8H2,1H3. The van der Waals surface area contributed by atoms with Crippen LogP contribution < -0.4 is 9.47 Å². The summed E-state index contributed by atoms with van der Waals surface area (Å²) in [5, 5.41) is 0.760. The van der Waals surface area contributed by atoms with Crippen molar-refractivity contribution in [3.05, 3.63) is 23.8 Å². The van der Waals surface area contributed by atoms with E-state index >= 15 is 0 Å². The number of methoxy groups -OCH3 is 1. The zero-order chi connectivity index (χ0) is 11.1. The molecule has 0 bridgehead atoms. The monoisotopic (exact) mass is 276 g/mol. The zero-order valence-electron chi connectivity index (χ0n) is 8.63. The number of ether oxygens (including phenoxy) is 2. The van der Waals surface area contributed by atoms with E-state index in [1.807, 2.05) is 18.2 Å². The molecule has 0 heterocycles. The van der Waals surface area contributed by atoms with E-state index in [1.165, 1.54) is 0 Å². The number of rotatable bonds is 6. The second-order valence-corrected chi connectivity index (χ2v) is 3.57. The first-order valence-corrected chi connectivity index (χ1v) is 5.85. The quantitative estimate of drug-likeness (QED) is 0.586. The highest BCUT2D eigenvalue weighted by molar-refractivity contribution is 9.08. The predicted octanol–water partition coefficient (Wildman–Crippen LogP) is 3.33. The summed E-state index contributed by atoms with van der Waals surface area (Å²) in [4.78, 5) is 0. The molecule has 0 amide bonds. The van der Waals surface area contributed by atoms with Gasteiger partial charge < -0.3 is 9.47 Å². The van der Waals surface area contributed by atoms with Crippen LogP contribution in [0.3, 0.4) is 0 Å². The Labute approximate surface area is 97.5 Å². The summed E-state index contributed by atoms with van der Waals surface area (Å²) in [6.45, 7) is 0.0129. The summed E-state index contributed by atoms with van der Waals surface area (Å²) < 4.78 is 22.5. The van der Waals surface area contributed by atoms with Crippen LogP contribution in [0.15, 0.2) is 18.2 Å². The first-order valence-electron chi connectivity index (χ1n) is 4.73. The van der Waals surface area contributed by atoms with Crippen molar-refractivity contribution < 1.29 is 13.9 Å². The first-order chi connectivity index (χ1) is 7.31. The second kappa shape index (κ2) is 6.67. The van der Waals surface area contributed by atoms with Gasteiger partial charge in [-0.05, 0) is 17.7 Å². The van der Waals surface area contributed by atoms with Crippen LogP contribution in [0.5, 0.6) is 11.5 Å². The highest BCUT2D eigenvalue weighted by atomic mass is 79.9. The van der Waals surface area contributed by atoms with Gasteiger partial charge in [-0.15, -0.1) is 0 Å². The summed E-state index contributed by atoms with van der Waals surface area (Å²) in [6, 6.07) is 5.70. The number of hydrogen-bond donors (Lipinski definition) is 0. The molecule has 0 aliphatic rings. The SMILES string of the molecule is COc1ccc(CBr)cc1OCCCF. The maximum absolute atomic E-state index is 11.9. The van der Waals surface area contributed by atoms with E-state index in [4.69, 9.17) is 9.47 Å². The topological polar surface area (TPSA) is 18.5 Å². The van der Waals surface area contributed by atoms with Gasteiger partial charge in [0.15, 0.2) is 11.5 Å². The van der Waals surface area contributed by atoms with Crippen LogP contribution in [-0.2, 0) is 5.33 Å². The average molecular weight is 277 g/mol. The van der Waals surface area contributed by atoms with Crippen LogP contribution in [0, 0.1) is 0 Å². The molecule has 2 nitrogen and oxygen atoms in total. The molecule has 0 spiro atoms. The van der Waals surface area contributed by atoms with E-state index in [1.54, 1.807) is 7.11 Å². The maximum atomic E-state index is 11.9. The lowest BCUT2D eigenvalue weighted by atomic mass is 10.2. The number of hydrogen-bond acceptors (Lipinski definition) is 2. The van der Waals surface area contributed by atoms with Crippen LogP contribution in [0.4, 0.5) is 4.39 Å². The molecule has 0 aliphatic carbocycles. The fourth-order valence-corrected chi connectivity index (χ4v) is 1.50. The van der Waals surface area contributed by atoms with Crippen LogP contribution in [-0.4, -0.2) is 20.4 Å². The Morgan fingerprint density at radius 2 is 2.13 bits per heavy atom. The zero-order valence-corrected chi connectivity index (χ0v) is 10.2. The molecule has 0 atom stereocenters. The van der Waals surface area contributed by atoms with Gasteiger partial charge in [0.05, 0.1) is 20.4 Å². The van der Waals surface area contributed by atoms with Gasteiger partial charge in [-0.25, -0.2) is 0 Å². The van der Waals surface area contributed by atoms with E-state index in [9.17, 15) is 4.39 Å². The van der Waals surface area contributed by atoms with Crippen molar-refractivity contribution in [2.45, 2.75) is 11.8 Å². The van der Waals surface area contributed by atoms with Crippen molar-refractivity contribution >= 4 is 15.9 Å². The fourth-order valence-electron chi connectivity index (χ4n) is 1.15. The van der Waals surface area contributed by atoms with Crippen LogP contribution in [0.2, 0.25) is 0 Å². The molecule has 0 radical (unpaired) electrons. The first kappa shape index (κ1) is 12.3. The molecule has 1 aromatic carbocycles. The Balaban J connectivity index is 2.72. The van der Waals surface area contributed by atoms with Gasteiger partial charge in [0.25, 0.3) is 0 Å². The normalized spacial score (nSPS) is 10.1. The highest BCUT2D eigenvalue weighted by Gasteiger charge is 2.04. The Morgan fingerprint density at radius 1 is 1.33 bits per heavy atom. The van der Waals surface area contributed by atoms with Gasteiger partial charge in [0, 0.05) is 11.8 Å². The molecule has 0 N–H and O–H groups in total. The summed E-state index contributed by atoms with van der Waals surface area (Å²) in [6.07, 6.45) is 0.404. The minimum Gasteiger partial charge on any atom is -0.493 e. The second-order valence-electron chi connectivity index (χ2n) is 3.01. The molecular weight excluding hydrogens is 263 g/mol. The molecule has 15 heavy (non-hydrogen) atoms. The molecule has 0 saturated carbocycles. The number of benzene rings is 1. The van der Waals surface area contributed by atoms with Gasteiger partial charge in [-0.1, -0.05) is 22.0 Å². The lowest BCUT2D eigenvalue weighted by Gasteiger charge is -2.10. The lowest BCUT2D eigenvalue weighted by molar-refractivity contribution is 0.273.